The molecule has 1 aliphatic heterocycles. The predicted octanol–water partition coefficient (Wildman–Crippen LogP) is 3.96. The van der Waals surface area contributed by atoms with Gasteiger partial charge in [0.25, 0.3) is 5.91 Å². The molecule has 1 N–H and O–H groups in total. The summed E-state index contributed by atoms with van der Waals surface area (Å²) in [6.07, 6.45) is 3.05. The van der Waals surface area contributed by atoms with E-state index >= 15 is 0 Å². The maximum absolute atomic E-state index is 13.1. The fourth-order valence-electron chi connectivity index (χ4n) is 2.98. The van der Waals surface area contributed by atoms with Crippen LogP contribution in [0.2, 0.25) is 0 Å². The number of thioether (sulfide) groups is 1. The minimum Gasteiger partial charge on any atom is -0.497 e. The van der Waals surface area contributed by atoms with Gasteiger partial charge in [-0.25, -0.2) is 4.98 Å². The molecule has 0 spiro atoms. The molecule has 2 aromatic rings. The zero-order valence-electron chi connectivity index (χ0n) is 16.4. The van der Waals surface area contributed by atoms with Crippen LogP contribution in [-0.2, 0) is 11.2 Å². The van der Waals surface area contributed by atoms with Crippen LogP contribution in [0.3, 0.4) is 0 Å². The highest BCUT2D eigenvalue weighted by molar-refractivity contribution is 7.99. The van der Waals surface area contributed by atoms with Crippen LogP contribution >= 0.6 is 23.1 Å². The second-order valence-electron chi connectivity index (χ2n) is 6.63. The number of nitrogens with zero attached hydrogens (tertiary/aromatic N) is 2. The summed E-state index contributed by atoms with van der Waals surface area (Å²) in [4.78, 5) is 32.7. The van der Waals surface area contributed by atoms with Crippen molar-refractivity contribution in [1.29, 1.82) is 0 Å². The molecule has 1 fully saturated rings. The molecule has 1 atom stereocenters. The van der Waals surface area contributed by atoms with Gasteiger partial charge in [0.2, 0.25) is 5.91 Å². The van der Waals surface area contributed by atoms with Crippen LogP contribution in [0.25, 0.3) is 0 Å². The smallest absolute Gasteiger partial charge is 0.267 e. The number of aromatic nitrogens is 1. The molecule has 1 unspecified atom stereocenters. The molecule has 2 amide bonds. The number of methoxy groups -OCH3 is 1. The molecule has 1 aromatic carbocycles. The lowest BCUT2D eigenvalue weighted by Gasteiger charge is -2.22. The number of amides is 2. The van der Waals surface area contributed by atoms with Gasteiger partial charge in [0.05, 0.1) is 23.7 Å². The van der Waals surface area contributed by atoms with Crippen LogP contribution in [0.4, 0.5) is 5.69 Å². The van der Waals surface area contributed by atoms with Crippen LogP contribution in [-0.4, -0.2) is 46.5 Å². The molecule has 150 valence electrons. The first-order chi connectivity index (χ1) is 13.5. The number of anilines is 1. The lowest BCUT2D eigenvalue weighted by atomic mass is 10.2. The number of carbonyl (C=O) groups is 2. The van der Waals surface area contributed by atoms with Gasteiger partial charge < -0.3 is 15.0 Å². The summed E-state index contributed by atoms with van der Waals surface area (Å²) < 4.78 is 5.14. The summed E-state index contributed by atoms with van der Waals surface area (Å²) >= 11 is 3.05. The van der Waals surface area contributed by atoms with E-state index in [1.54, 1.807) is 48.0 Å². The highest BCUT2D eigenvalue weighted by Gasteiger charge is 2.36. The molecule has 0 radical (unpaired) electrons. The van der Waals surface area contributed by atoms with E-state index in [9.17, 15) is 9.59 Å². The molecule has 28 heavy (non-hydrogen) atoms. The van der Waals surface area contributed by atoms with Crippen LogP contribution < -0.4 is 10.1 Å². The maximum Gasteiger partial charge on any atom is 0.267 e. The molecular weight excluding hydrogens is 394 g/mol. The molecule has 0 saturated carbocycles. The summed E-state index contributed by atoms with van der Waals surface area (Å²) in [5.74, 6) is 1.57. The Bertz CT molecular complexity index is 836. The lowest BCUT2D eigenvalue weighted by Crippen LogP contribution is -2.44. The first kappa shape index (κ1) is 20.7. The Balaban J connectivity index is 1.70. The van der Waals surface area contributed by atoms with Gasteiger partial charge in [0.15, 0.2) is 0 Å². The van der Waals surface area contributed by atoms with Crippen LogP contribution in [0.1, 0.15) is 40.1 Å². The highest BCUT2D eigenvalue weighted by atomic mass is 32.2. The van der Waals surface area contributed by atoms with Gasteiger partial charge in [-0.3, -0.25) is 9.59 Å². The summed E-state index contributed by atoms with van der Waals surface area (Å²) in [7, 11) is 1.60. The van der Waals surface area contributed by atoms with E-state index in [-0.39, 0.29) is 11.8 Å². The summed E-state index contributed by atoms with van der Waals surface area (Å²) in [5, 5.41) is 3.90. The quantitative estimate of drug-likeness (QED) is 0.736. The maximum atomic E-state index is 13.1. The van der Waals surface area contributed by atoms with Crippen molar-refractivity contribution in [3.05, 3.63) is 39.8 Å². The Kier molecular flexibility index (Phi) is 6.96. The topological polar surface area (TPSA) is 71.5 Å². The number of aryl methyl sites for hydroxylation is 2. The van der Waals surface area contributed by atoms with E-state index < -0.39 is 6.04 Å². The van der Waals surface area contributed by atoms with Gasteiger partial charge in [-0.15, -0.1) is 23.1 Å². The fourth-order valence-corrected chi connectivity index (χ4v) is 5.19. The number of thiazole rings is 1. The number of benzene rings is 1. The van der Waals surface area contributed by atoms with Crippen molar-refractivity contribution in [3.8, 4) is 5.75 Å². The Morgan fingerprint density at radius 2 is 2.07 bits per heavy atom. The van der Waals surface area contributed by atoms with Crippen molar-refractivity contribution in [2.24, 2.45) is 0 Å². The standard InChI is InChI=1S/C20H25N3O3S2/c1-4-5-6-17-21-13(2)18(28-17)20(25)23-12-27-11-16(23)19(24)22-14-7-9-15(26-3)10-8-14/h7-10,16H,4-6,11-12H2,1-3H3,(H,22,24). The Labute approximate surface area is 173 Å². The summed E-state index contributed by atoms with van der Waals surface area (Å²) in [6, 6.07) is 6.68. The van der Waals surface area contributed by atoms with Crippen LogP contribution in [0.15, 0.2) is 24.3 Å². The van der Waals surface area contributed by atoms with Crippen molar-refractivity contribution in [1.82, 2.24) is 9.88 Å². The number of unbranched alkanes of at least 4 members (excludes halogenated alkanes) is 1. The fraction of sp³-hybridized carbons (Fsp3) is 0.450. The van der Waals surface area contributed by atoms with Crippen molar-refractivity contribution in [3.63, 3.8) is 0 Å². The molecule has 0 aliphatic carbocycles. The van der Waals surface area contributed by atoms with E-state index in [0.717, 1.165) is 35.7 Å². The molecule has 8 heteroatoms. The van der Waals surface area contributed by atoms with Gasteiger partial charge in [-0.05, 0) is 44.0 Å². The van der Waals surface area contributed by atoms with Gasteiger partial charge in [-0.1, -0.05) is 13.3 Å². The van der Waals surface area contributed by atoms with Crippen molar-refractivity contribution >= 4 is 40.6 Å². The molecule has 3 rings (SSSR count). The van der Waals surface area contributed by atoms with Crippen molar-refractivity contribution < 1.29 is 14.3 Å². The monoisotopic (exact) mass is 419 g/mol. The third-order valence-electron chi connectivity index (χ3n) is 4.58. The third kappa shape index (κ3) is 4.67. The Hall–Kier alpha value is -2.06. The van der Waals surface area contributed by atoms with E-state index in [0.29, 0.717) is 22.2 Å². The molecule has 0 bridgehead atoms. The van der Waals surface area contributed by atoms with Gasteiger partial charge in [0, 0.05) is 11.4 Å². The minimum atomic E-state index is -0.486. The number of nitrogens with one attached hydrogen (secondary N) is 1. The predicted molar refractivity (Wildman–Crippen MR) is 114 cm³/mol. The molecule has 1 aliphatic rings. The second-order valence-corrected chi connectivity index (χ2v) is 8.72. The van der Waals surface area contributed by atoms with Crippen molar-refractivity contribution in [2.45, 2.75) is 39.2 Å². The Morgan fingerprint density at radius 3 is 2.75 bits per heavy atom. The normalized spacial score (nSPS) is 16.2. The van der Waals surface area contributed by atoms with Crippen LogP contribution in [0.5, 0.6) is 5.75 Å². The van der Waals surface area contributed by atoms with E-state index in [2.05, 4.69) is 17.2 Å². The summed E-state index contributed by atoms with van der Waals surface area (Å²) in [5.41, 5.74) is 1.44. The first-order valence-corrected chi connectivity index (χ1v) is 11.3. The second kappa shape index (κ2) is 9.43. The zero-order chi connectivity index (χ0) is 20.1. The average molecular weight is 420 g/mol. The molecule has 1 aromatic heterocycles. The van der Waals surface area contributed by atoms with Crippen LogP contribution in [0, 0.1) is 6.92 Å². The molecular formula is C20H25N3O3S2. The highest BCUT2D eigenvalue weighted by Crippen LogP contribution is 2.28. The van der Waals surface area contributed by atoms with Gasteiger partial charge >= 0.3 is 0 Å². The molecule has 6 nitrogen and oxygen atoms in total. The largest absolute Gasteiger partial charge is 0.497 e. The van der Waals surface area contributed by atoms with Gasteiger partial charge in [-0.2, -0.15) is 0 Å². The van der Waals surface area contributed by atoms with E-state index in [1.807, 2.05) is 6.92 Å². The first-order valence-electron chi connectivity index (χ1n) is 9.33. The Morgan fingerprint density at radius 1 is 1.32 bits per heavy atom. The molecule has 2 heterocycles. The number of hydrogen-bond donors (Lipinski definition) is 1. The SMILES string of the molecule is CCCCc1nc(C)c(C(=O)N2CSCC2C(=O)Nc2ccc(OC)cc2)s1. The number of ether oxygens (including phenoxy) is 1. The summed E-state index contributed by atoms with van der Waals surface area (Å²) in [6.45, 7) is 4.01. The van der Waals surface area contributed by atoms with E-state index in [1.165, 1.54) is 11.3 Å². The van der Waals surface area contributed by atoms with E-state index in [4.69, 9.17) is 4.74 Å². The third-order valence-corrected chi connectivity index (χ3v) is 6.80. The minimum absolute atomic E-state index is 0.0994. The number of hydrogen-bond acceptors (Lipinski definition) is 6. The number of rotatable bonds is 7. The number of carbonyl (C=O) groups excluding carboxylic acids is 2. The van der Waals surface area contributed by atoms with Crippen molar-refractivity contribution in [2.75, 3.05) is 24.1 Å². The lowest BCUT2D eigenvalue weighted by molar-refractivity contribution is -0.119. The average Bonchev–Trinajstić information content (AvgIpc) is 3.33. The van der Waals surface area contributed by atoms with Gasteiger partial charge in [0.1, 0.15) is 16.7 Å². The zero-order valence-corrected chi connectivity index (χ0v) is 18.0. The molecule has 1 saturated heterocycles.